The fourth-order valence-corrected chi connectivity index (χ4v) is 0.969. The first-order valence-corrected chi connectivity index (χ1v) is 4.25. The molecule has 1 aromatic carbocycles. The molecule has 1 heterocycles. The molecule has 0 spiro atoms. The first-order valence-electron chi connectivity index (χ1n) is 4.25. The lowest BCUT2D eigenvalue weighted by molar-refractivity contribution is -0.100. The van der Waals surface area contributed by atoms with E-state index in [9.17, 15) is 0 Å². The third kappa shape index (κ3) is 2.23. The highest BCUT2D eigenvalue weighted by Crippen LogP contribution is 2.12. The molecule has 0 radical (unpaired) electrons. The van der Waals surface area contributed by atoms with Gasteiger partial charge in [0.1, 0.15) is 0 Å². The Bertz CT molecular complexity index is 336. The van der Waals surface area contributed by atoms with Crippen LogP contribution in [0.2, 0.25) is 0 Å². The minimum absolute atomic E-state index is 0.580. The van der Waals surface area contributed by atoms with Crippen LogP contribution in [-0.4, -0.2) is 4.98 Å². The van der Waals surface area contributed by atoms with Crippen molar-refractivity contribution in [3.8, 4) is 11.5 Å². The van der Waals surface area contributed by atoms with Crippen LogP contribution in [0.25, 0.3) is 0 Å². The normalized spacial score (nSPS) is 9.43. The third-order valence-corrected chi connectivity index (χ3v) is 1.61. The summed E-state index contributed by atoms with van der Waals surface area (Å²) in [4.78, 5) is 14.0. The van der Waals surface area contributed by atoms with Crippen molar-refractivity contribution in [3.05, 3.63) is 54.9 Å². The highest BCUT2D eigenvalue weighted by atomic mass is 17.2. The summed E-state index contributed by atoms with van der Waals surface area (Å²) in [5.74, 6) is 1.24. The van der Waals surface area contributed by atoms with Crippen molar-refractivity contribution < 1.29 is 9.78 Å². The topological polar surface area (TPSA) is 31.4 Å². The molecule has 0 atom stereocenters. The van der Waals surface area contributed by atoms with Gasteiger partial charge in [0.25, 0.3) is 0 Å². The van der Waals surface area contributed by atoms with Crippen molar-refractivity contribution in [3.63, 3.8) is 0 Å². The van der Waals surface area contributed by atoms with Gasteiger partial charge in [-0.05, 0) is 24.3 Å². The van der Waals surface area contributed by atoms with Crippen molar-refractivity contribution in [2.24, 2.45) is 0 Å². The van der Waals surface area contributed by atoms with Crippen LogP contribution >= 0.6 is 0 Å². The molecule has 0 unspecified atom stereocenters. The van der Waals surface area contributed by atoms with E-state index in [1.165, 1.54) is 0 Å². The number of pyridine rings is 1. The highest BCUT2D eigenvalue weighted by Gasteiger charge is 1.94. The average molecular weight is 187 g/mol. The molecule has 1 aromatic heterocycles. The summed E-state index contributed by atoms with van der Waals surface area (Å²) < 4.78 is 0. The molecular formula is C11H9NO2. The minimum Gasteiger partial charge on any atom is -0.290 e. The summed E-state index contributed by atoms with van der Waals surface area (Å²) in [5, 5.41) is 0. The summed E-state index contributed by atoms with van der Waals surface area (Å²) >= 11 is 0. The predicted molar refractivity (Wildman–Crippen MR) is 51.9 cm³/mol. The van der Waals surface area contributed by atoms with E-state index in [0.717, 1.165) is 0 Å². The molecule has 0 aliphatic carbocycles. The second kappa shape index (κ2) is 4.28. The van der Waals surface area contributed by atoms with E-state index in [1.807, 2.05) is 30.3 Å². The largest absolute Gasteiger partial charge is 0.290 e. The molecule has 0 bridgehead atoms. The fourth-order valence-electron chi connectivity index (χ4n) is 0.969. The first-order chi connectivity index (χ1) is 6.95. The lowest BCUT2D eigenvalue weighted by atomic mass is 10.3. The van der Waals surface area contributed by atoms with Gasteiger partial charge in [0.15, 0.2) is 11.5 Å². The van der Waals surface area contributed by atoms with Gasteiger partial charge in [-0.1, -0.05) is 18.2 Å². The number of para-hydroxylation sites is 1. The number of benzene rings is 1. The first kappa shape index (κ1) is 8.56. The van der Waals surface area contributed by atoms with E-state index in [1.54, 1.807) is 24.5 Å². The number of hydrogen-bond donors (Lipinski definition) is 0. The molecule has 3 heteroatoms. The summed E-state index contributed by atoms with van der Waals surface area (Å²) in [7, 11) is 0. The smallest absolute Gasteiger partial charge is 0.196 e. The maximum Gasteiger partial charge on any atom is 0.196 e. The molecule has 0 fully saturated rings. The Morgan fingerprint density at radius 2 is 1.50 bits per heavy atom. The summed E-state index contributed by atoms with van der Waals surface area (Å²) in [6.45, 7) is 0. The number of hydrogen-bond acceptors (Lipinski definition) is 3. The van der Waals surface area contributed by atoms with E-state index in [4.69, 9.17) is 9.78 Å². The van der Waals surface area contributed by atoms with Gasteiger partial charge in [-0.3, -0.25) is 14.8 Å². The SMILES string of the molecule is c1ccc(OOc2cccnc2)cc1. The number of aromatic nitrogens is 1. The molecule has 0 aliphatic rings. The Hall–Kier alpha value is -2.03. The quantitative estimate of drug-likeness (QED) is 0.546. The molecule has 0 aliphatic heterocycles. The average Bonchev–Trinajstić information content (AvgIpc) is 2.29. The van der Waals surface area contributed by atoms with Gasteiger partial charge >= 0.3 is 0 Å². The zero-order valence-electron chi connectivity index (χ0n) is 7.46. The van der Waals surface area contributed by atoms with Gasteiger partial charge in [0.05, 0.1) is 6.20 Å². The van der Waals surface area contributed by atoms with E-state index in [-0.39, 0.29) is 0 Å². The zero-order valence-corrected chi connectivity index (χ0v) is 7.46. The molecule has 0 amide bonds. The summed E-state index contributed by atoms with van der Waals surface area (Å²) in [5.41, 5.74) is 0. The van der Waals surface area contributed by atoms with E-state index in [2.05, 4.69) is 4.98 Å². The molecular weight excluding hydrogens is 178 g/mol. The van der Waals surface area contributed by atoms with E-state index < -0.39 is 0 Å². The Balaban J connectivity index is 1.96. The van der Waals surface area contributed by atoms with Gasteiger partial charge in [0.2, 0.25) is 0 Å². The lowest BCUT2D eigenvalue weighted by Gasteiger charge is -2.03. The minimum atomic E-state index is 0.580. The van der Waals surface area contributed by atoms with Crippen LogP contribution in [0.15, 0.2) is 54.9 Å². The number of nitrogens with zero attached hydrogens (tertiary/aromatic N) is 1. The monoisotopic (exact) mass is 187 g/mol. The van der Waals surface area contributed by atoms with Crippen molar-refractivity contribution in [1.29, 1.82) is 0 Å². The Kier molecular flexibility index (Phi) is 2.62. The van der Waals surface area contributed by atoms with Crippen LogP contribution < -0.4 is 9.78 Å². The lowest BCUT2D eigenvalue weighted by Crippen LogP contribution is -1.99. The van der Waals surface area contributed by atoms with Crippen molar-refractivity contribution >= 4 is 0 Å². The molecule has 0 saturated heterocycles. The fraction of sp³-hybridized carbons (Fsp3) is 0. The van der Waals surface area contributed by atoms with Gasteiger partial charge < -0.3 is 0 Å². The maximum absolute atomic E-state index is 5.05. The van der Waals surface area contributed by atoms with Crippen LogP contribution in [0.3, 0.4) is 0 Å². The predicted octanol–water partition coefficient (Wildman–Crippen LogP) is 2.45. The molecule has 0 N–H and O–H groups in total. The molecule has 70 valence electrons. The van der Waals surface area contributed by atoms with Crippen LogP contribution in [0.1, 0.15) is 0 Å². The zero-order chi connectivity index (χ0) is 9.64. The second-order valence-electron chi connectivity index (χ2n) is 2.67. The highest BCUT2D eigenvalue weighted by molar-refractivity contribution is 5.21. The van der Waals surface area contributed by atoms with Gasteiger partial charge in [-0.15, -0.1) is 0 Å². The van der Waals surface area contributed by atoms with Crippen LogP contribution in [0.4, 0.5) is 0 Å². The van der Waals surface area contributed by atoms with Crippen LogP contribution in [-0.2, 0) is 0 Å². The Labute approximate surface area is 81.9 Å². The summed E-state index contributed by atoms with van der Waals surface area (Å²) in [6.07, 6.45) is 3.26. The van der Waals surface area contributed by atoms with E-state index >= 15 is 0 Å². The standard InChI is InChI=1S/C11H9NO2/c1-2-5-10(6-3-1)13-14-11-7-4-8-12-9-11/h1-9H. The Morgan fingerprint density at radius 3 is 2.21 bits per heavy atom. The van der Waals surface area contributed by atoms with E-state index in [0.29, 0.717) is 11.5 Å². The number of rotatable bonds is 3. The molecule has 3 nitrogen and oxygen atoms in total. The van der Waals surface area contributed by atoms with Crippen LogP contribution in [0.5, 0.6) is 11.5 Å². The molecule has 0 saturated carbocycles. The van der Waals surface area contributed by atoms with Crippen molar-refractivity contribution in [2.75, 3.05) is 0 Å². The third-order valence-electron chi connectivity index (χ3n) is 1.61. The van der Waals surface area contributed by atoms with Crippen molar-refractivity contribution in [2.45, 2.75) is 0 Å². The molecule has 14 heavy (non-hydrogen) atoms. The molecule has 2 rings (SSSR count). The van der Waals surface area contributed by atoms with Gasteiger partial charge in [-0.25, -0.2) is 0 Å². The maximum atomic E-state index is 5.05. The second-order valence-corrected chi connectivity index (χ2v) is 2.67. The van der Waals surface area contributed by atoms with Crippen molar-refractivity contribution in [1.82, 2.24) is 4.98 Å². The molecule has 2 aromatic rings. The van der Waals surface area contributed by atoms with Gasteiger partial charge in [-0.2, -0.15) is 0 Å². The van der Waals surface area contributed by atoms with Gasteiger partial charge in [0, 0.05) is 6.20 Å². The van der Waals surface area contributed by atoms with Crippen LogP contribution in [0, 0.1) is 0 Å². The summed E-state index contributed by atoms with van der Waals surface area (Å²) in [6, 6.07) is 12.9. The Morgan fingerprint density at radius 1 is 0.786 bits per heavy atom.